The molecule has 1 aromatic rings. The minimum Gasteiger partial charge on any atom is -0.461 e. The van der Waals surface area contributed by atoms with E-state index in [1.807, 2.05) is 0 Å². The summed E-state index contributed by atoms with van der Waals surface area (Å²) in [4.78, 5) is 42.8. The molecule has 27 heavy (non-hydrogen) atoms. The minimum atomic E-state index is -0.555. The van der Waals surface area contributed by atoms with E-state index in [1.165, 1.54) is 0 Å². The number of carbonyl (C=O) groups is 3. The maximum Gasteiger partial charge on any atom is 0.355 e. The first kappa shape index (κ1) is 21.2. The minimum absolute atomic E-state index is 0.0657. The van der Waals surface area contributed by atoms with Gasteiger partial charge in [-0.15, -0.1) is 0 Å². The van der Waals surface area contributed by atoms with Crippen molar-refractivity contribution in [2.45, 2.75) is 66.8 Å². The van der Waals surface area contributed by atoms with E-state index in [1.54, 1.807) is 32.6 Å². The Morgan fingerprint density at radius 2 is 1.81 bits per heavy atom. The number of esters is 1. The van der Waals surface area contributed by atoms with Gasteiger partial charge in [-0.25, -0.2) is 4.79 Å². The van der Waals surface area contributed by atoms with Gasteiger partial charge in [-0.3, -0.25) is 9.59 Å². The molecule has 1 fully saturated rings. The Kier molecular flexibility index (Phi) is 6.84. The van der Waals surface area contributed by atoms with E-state index in [0.717, 1.165) is 19.3 Å². The van der Waals surface area contributed by atoms with Gasteiger partial charge in [0, 0.05) is 23.7 Å². The zero-order chi connectivity index (χ0) is 20.3. The molecule has 1 saturated carbocycles. The van der Waals surface area contributed by atoms with Gasteiger partial charge < -0.3 is 14.6 Å². The largest absolute Gasteiger partial charge is 0.461 e. The van der Waals surface area contributed by atoms with E-state index in [0.29, 0.717) is 35.0 Å². The van der Waals surface area contributed by atoms with Crippen LogP contribution in [-0.4, -0.2) is 46.7 Å². The van der Waals surface area contributed by atoms with Crippen LogP contribution in [0.25, 0.3) is 0 Å². The van der Waals surface area contributed by atoms with Crippen molar-refractivity contribution < 1.29 is 19.1 Å². The van der Waals surface area contributed by atoms with Gasteiger partial charge in [-0.05, 0) is 58.4 Å². The Morgan fingerprint density at radius 1 is 1.19 bits per heavy atom. The number of ether oxygens (including phenoxy) is 1. The van der Waals surface area contributed by atoms with Gasteiger partial charge in [0.25, 0.3) is 0 Å². The second-order valence-electron chi connectivity index (χ2n) is 7.87. The Morgan fingerprint density at radius 3 is 2.33 bits per heavy atom. The lowest BCUT2D eigenvalue weighted by Crippen LogP contribution is -2.45. The number of nitrogens with zero attached hydrogens (tertiary/aromatic N) is 1. The Bertz CT molecular complexity index is 716. The van der Waals surface area contributed by atoms with Crippen LogP contribution in [0.3, 0.4) is 0 Å². The maximum atomic E-state index is 13.2. The van der Waals surface area contributed by atoms with E-state index >= 15 is 0 Å². The molecule has 0 radical (unpaired) electrons. The summed E-state index contributed by atoms with van der Waals surface area (Å²) < 4.78 is 5.06. The highest BCUT2D eigenvalue weighted by Gasteiger charge is 2.38. The molecule has 1 heterocycles. The molecular formula is C21H32N2O4. The van der Waals surface area contributed by atoms with Gasteiger partial charge in [-0.1, -0.05) is 13.8 Å². The number of rotatable bonds is 9. The second-order valence-corrected chi connectivity index (χ2v) is 7.87. The summed E-state index contributed by atoms with van der Waals surface area (Å²) in [6.07, 6.45) is 2.68. The number of aromatic nitrogens is 1. The zero-order valence-electron chi connectivity index (χ0n) is 17.3. The fraction of sp³-hybridized carbons (Fsp3) is 0.667. The number of aryl methyl sites for hydroxylation is 1. The van der Waals surface area contributed by atoms with E-state index < -0.39 is 12.0 Å². The molecule has 150 valence electrons. The van der Waals surface area contributed by atoms with Crippen molar-refractivity contribution in [3.05, 3.63) is 22.5 Å². The third-order valence-corrected chi connectivity index (χ3v) is 5.17. The molecule has 0 bridgehead atoms. The summed E-state index contributed by atoms with van der Waals surface area (Å²) in [7, 11) is 0. The lowest BCUT2D eigenvalue weighted by atomic mass is 9.99. The van der Waals surface area contributed by atoms with Crippen molar-refractivity contribution >= 4 is 17.7 Å². The quantitative estimate of drug-likeness (QED) is 0.527. The van der Waals surface area contributed by atoms with Gasteiger partial charge in [0.05, 0.1) is 12.6 Å². The zero-order valence-corrected chi connectivity index (χ0v) is 17.3. The molecule has 0 unspecified atom stereocenters. The first-order chi connectivity index (χ1) is 12.7. The second kappa shape index (κ2) is 8.72. The SMILES string of the molecule is CCOC(=O)c1[nH]c(C)c(C(=O)[C@@H](C)N(CCC(C)C)C(=O)C2CC2)c1C. The number of Topliss-reactive ketones (excluding diaryl/α,β-unsaturated/α-hetero) is 1. The molecular weight excluding hydrogens is 344 g/mol. The summed E-state index contributed by atoms with van der Waals surface area (Å²) in [5.41, 5.74) is 2.02. The van der Waals surface area contributed by atoms with Crippen molar-refractivity contribution in [3.63, 3.8) is 0 Å². The van der Waals surface area contributed by atoms with Crippen LogP contribution in [0.15, 0.2) is 0 Å². The predicted octanol–water partition coefficient (Wildman–Crippen LogP) is 3.66. The predicted molar refractivity (Wildman–Crippen MR) is 104 cm³/mol. The van der Waals surface area contributed by atoms with Gasteiger partial charge in [-0.2, -0.15) is 0 Å². The third kappa shape index (κ3) is 4.79. The standard InChI is InChI=1S/C21H32N2O4/c1-7-27-21(26)18-13(4)17(14(5)22-18)19(24)15(6)23(11-10-12(2)3)20(25)16-8-9-16/h12,15-16,22H,7-11H2,1-6H3/t15-/m1/s1. The first-order valence-corrected chi connectivity index (χ1v) is 9.89. The molecule has 1 N–H and O–H groups in total. The van der Waals surface area contributed by atoms with Crippen LogP contribution in [0, 0.1) is 25.7 Å². The summed E-state index contributed by atoms with van der Waals surface area (Å²) in [5.74, 6) is 0.00177. The van der Waals surface area contributed by atoms with Gasteiger partial charge in [0.15, 0.2) is 5.78 Å². The third-order valence-electron chi connectivity index (χ3n) is 5.17. The summed E-state index contributed by atoms with van der Waals surface area (Å²) >= 11 is 0. The fourth-order valence-corrected chi connectivity index (χ4v) is 3.33. The fourth-order valence-electron chi connectivity index (χ4n) is 3.33. The Balaban J connectivity index is 2.27. The maximum absolute atomic E-state index is 13.2. The van der Waals surface area contributed by atoms with Crippen LogP contribution >= 0.6 is 0 Å². The number of H-pyrrole nitrogens is 1. The molecule has 0 aromatic carbocycles. The number of hydrogen-bond donors (Lipinski definition) is 1. The highest BCUT2D eigenvalue weighted by atomic mass is 16.5. The first-order valence-electron chi connectivity index (χ1n) is 9.89. The van der Waals surface area contributed by atoms with Crippen molar-refractivity contribution in [2.24, 2.45) is 11.8 Å². The van der Waals surface area contributed by atoms with Crippen LogP contribution in [-0.2, 0) is 9.53 Å². The number of ketones is 1. The van der Waals surface area contributed by atoms with E-state index in [2.05, 4.69) is 18.8 Å². The van der Waals surface area contributed by atoms with Crippen molar-refractivity contribution in [1.82, 2.24) is 9.88 Å². The molecule has 1 aliphatic rings. The monoisotopic (exact) mass is 376 g/mol. The lowest BCUT2D eigenvalue weighted by molar-refractivity contribution is -0.134. The van der Waals surface area contributed by atoms with Gasteiger partial charge in [0.1, 0.15) is 5.69 Å². The molecule has 1 amide bonds. The molecule has 1 aromatic heterocycles. The van der Waals surface area contributed by atoms with E-state index in [4.69, 9.17) is 4.74 Å². The average molecular weight is 376 g/mol. The highest BCUT2D eigenvalue weighted by molar-refractivity contribution is 6.06. The van der Waals surface area contributed by atoms with Gasteiger partial charge in [0.2, 0.25) is 5.91 Å². The topological polar surface area (TPSA) is 79.5 Å². The molecule has 2 rings (SSSR count). The van der Waals surface area contributed by atoms with Crippen LogP contribution in [0.4, 0.5) is 0 Å². The Hall–Kier alpha value is -2.11. The molecule has 6 heteroatoms. The van der Waals surface area contributed by atoms with Crippen LogP contribution in [0.1, 0.15) is 79.1 Å². The summed E-state index contributed by atoms with van der Waals surface area (Å²) in [6.45, 7) is 12.1. The summed E-state index contributed by atoms with van der Waals surface area (Å²) in [5, 5.41) is 0. The normalized spacial score (nSPS) is 14.9. The molecule has 0 aliphatic heterocycles. The van der Waals surface area contributed by atoms with Crippen molar-refractivity contribution in [3.8, 4) is 0 Å². The summed E-state index contributed by atoms with van der Waals surface area (Å²) in [6, 6.07) is -0.555. The molecule has 0 saturated heterocycles. The average Bonchev–Trinajstić information content (AvgIpc) is 3.40. The van der Waals surface area contributed by atoms with E-state index in [-0.39, 0.29) is 24.2 Å². The van der Waals surface area contributed by atoms with Crippen LogP contribution in [0.5, 0.6) is 0 Å². The van der Waals surface area contributed by atoms with Crippen molar-refractivity contribution in [1.29, 1.82) is 0 Å². The lowest BCUT2D eigenvalue weighted by Gasteiger charge is -2.29. The highest BCUT2D eigenvalue weighted by Crippen LogP contribution is 2.32. The van der Waals surface area contributed by atoms with Crippen LogP contribution < -0.4 is 0 Å². The molecule has 1 aliphatic carbocycles. The molecule has 6 nitrogen and oxygen atoms in total. The Labute approximate surface area is 161 Å². The molecule has 1 atom stereocenters. The van der Waals surface area contributed by atoms with E-state index in [9.17, 15) is 14.4 Å². The number of carbonyl (C=O) groups excluding carboxylic acids is 3. The van der Waals surface area contributed by atoms with Crippen molar-refractivity contribution in [2.75, 3.05) is 13.2 Å². The molecule has 0 spiro atoms. The number of nitrogens with one attached hydrogen (secondary N) is 1. The number of aromatic amines is 1. The number of amides is 1. The smallest absolute Gasteiger partial charge is 0.355 e. The number of hydrogen-bond acceptors (Lipinski definition) is 4. The van der Waals surface area contributed by atoms with Crippen LogP contribution in [0.2, 0.25) is 0 Å². The van der Waals surface area contributed by atoms with Gasteiger partial charge >= 0.3 is 5.97 Å².